The fourth-order valence-corrected chi connectivity index (χ4v) is 1.35. The molecule has 1 heterocycles. The van der Waals surface area contributed by atoms with E-state index in [9.17, 15) is 0 Å². The molecule has 0 bridgehead atoms. The van der Waals surface area contributed by atoms with Gasteiger partial charge in [0.15, 0.2) is 0 Å². The average molecular weight is 170 g/mol. The Kier molecular flexibility index (Phi) is 4.09. The van der Waals surface area contributed by atoms with E-state index in [1.807, 2.05) is 0 Å². The summed E-state index contributed by atoms with van der Waals surface area (Å²) in [4.78, 5) is 0. The highest BCUT2D eigenvalue weighted by Crippen LogP contribution is 2.19. The Morgan fingerprint density at radius 3 is 2.75 bits per heavy atom. The smallest absolute Gasteiger partial charge is 0.408 e. The second-order valence-corrected chi connectivity index (χ2v) is 3.82. The van der Waals surface area contributed by atoms with Crippen LogP contribution in [0.4, 0.5) is 0 Å². The molecule has 0 spiro atoms. The van der Waals surface area contributed by atoms with Gasteiger partial charge in [0.05, 0.1) is 12.7 Å². The third kappa shape index (κ3) is 2.79. The van der Waals surface area contributed by atoms with Crippen LogP contribution in [0, 0.1) is 5.92 Å². The van der Waals surface area contributed by atoms with Gasteiger partial charge in [-0.15, -0.1) is 0 Å². The fourth-order valence-electron chi connectivity index (χ4n) is 1.35. The number of unbranched alkanes of at least 4 members (excludes halogenated alkanes) is 1. The summed E-state index contributed by atoms with van der Waals surface area (Å²) in [5.74, 6) is 0.580. The number of rotatable bonds is 4. The SMILES string of the molecule is CCCCB1OCC(C(C)C)O1. The summed E-state index contributed by atoms with van der Waals surface area (Å²) in [6.45, 7) is 7.33. The van der Waals surface area contributed by atoms with E-state index in [-0.39, 0.29) is 7.12 Å². The predicted octanol–water partition coefficient (Wildman–Crippen LogP) is 2.35. The molecule has 0 aromatic carbocycles. The highest BCUT2D eigenvalue weighted by Gasteiger charge is 2.31. The zero-order chi connectivity index (χ0) is 8.97. The molecular weight excluding hydrogens is 151 g/mol. The number of hydrogen-bond acceptors (Lipinski definition) is 2. The van der Waals surface area contributed by atoms with E-state index in [0.717, 1.165) is 12.9 Å². The zero-order valence-corrected chi connectivity index (χ0v) is 8.38. The first-order valence-corrected chi connectivity index (χ1v) is 5.01. The number of hydrogen-bond donors (Lipinski definition) is 0. The topological polar surface area (TPSA) is 18.5 Å². The Hall–Kier alpha value is -0.0151. The lowest BCUT2D eigenvalue weighted by molar-refractivity contribution is 0.177. The van der Waals surface area contributed by atoms with Crippen molar-refractivity contribution in [2.45, 2.75) is 46.0 Å². The van der Waals surface area contributed by atoms with Gasteiger partial charge in [0.2, 0.25) is 0 Å². The van der Waals surface area contributed by atoms with E-state index in [2.05, 4.69) is 20.8 Å². The summed E-state index contributed by atoms with van der Waals surface area (Å²) in [7, 11) is 0.0809. The van der Waals surface area contributed by atoms with Gasteiger partial charge in [-0.25, -0.2) is 0 Å². The van der Waals surface area contributed by atoms with Gasteiger partial charge in [-0.2, -0.15) is 0 Å². The van der Waals surface area contributed by atoms with Gasteiger partial charge in [-0.05, 0) is 12.2 Å². The Morgan fingerprint density at radius 2 is 2.25 bits per heavy atom. The standard InChI is InChI=1S/C9H19BO2/c1-4-5-6-10-11-7-9(12-10)8(2)3/h8-9H,4-7H2,1-3H3. The van der Waals surface area contributed by atoms with Crippen LogP contribution < -0.4 is 0 Å². The maximum Gasteiger partial charge on any atom is 0.457 e. The second-order valence-electron chi connectivity index (χ2n) is 3.82. The van der Waals surface area contributed by atoms with Gasteiger partial charge in [0.25, 0.3) is 0 Å². The van der Waals surface area contributed by atoms with Gasteiger partial charge in [-0.3, -0.25) is 0 Å². The third-order valence-electron chi connectivity index (χ3n) is 2.31. The normalized spacial score (nSPS) is 24.0. The monoisotopic (exact) mass is 170 g/mol. The molecule has 1 aliphatic heterocycles. The lowest BCUT2D eigenvalue weighted by Gasteiger charge is -2.12. The first-order chi connectivity index (χ1) is 5.74. The molecule has 12 heavy (non-hydrogen) atoms. The van der Waals surface area contributed by atoms with Crippen molar-refractivity contribution < 1.29 is 9.31 Å². The van der Waals surface area contributed by atoms with Crippen LogP contribution in [-0.2, 0) is 9.31 Å². The van der Waals surface area contributed by atoms with Crippen molar-refractivity contribution in [3.05, 3.63) is 0 Å². The minimum atomic E-state index is 0.0809. The van der Waals surface area contributed by atoms with Gasteiger partial charge >= 0.3 is 7.12 Å². The summed E-state index contributed by atoms with van der Waals surface area (Å²) in [5, 5.41) is 0. The van der Waals surface area contributed by atoms with Crippen LogP contribution in [0.15, 0.2) is 0 Å². The molecule has 0 aliphatic carbocycles. The van der Waals surface area contributed by atoms with Crippen LogP contribution in [0.1, 0.15) is 33.6 Å². The van der Waals surface area contributed by atoms with Crippen LogP contribution in [-0.4, -0.2) is 19.8 Å². The molecule has 1 unspecified atom stereocenters. The van der Waals surface area contributed by atoms with Crippen molar-refractivity contribution in [3.63, 3.8) is 0 Å². The van der Waals surface area contributed by atoms with E-state index < -0.39 is 0 Å². The van der Waals surface area contributed by atoms with Crippen LogP contribution in [0.5, 0.6) is 0 Å². The summed E-state index contributed by atoms with van der Waals surface area (Å²) in [5.41, 5.74) is 0. The molecule has 1 aliphatic rings. The molecular formula is C9H19BO2. The first-order valence-electron chi connectivity index (χ1n) is 5.01. The molecule has 3 heteroatoms. The highest BCUT2D eigenvalue weighted by molar-refractivity contribution is 6.45. The average Bonchev–Trinajstić information content (AvgIpc) is 2.48. The van der Waals surface area contributed by atoms with E-state index >= 15 is 0 Å². The zero-order valence-electron chi connectivity index (χ0n) is 8.38. The first kappa shape index (κ1) is 10.1. The minimum absolute atomic E-state index is 0.0809. The molecule has 0 aromatic heterocycles. The van der Waals surface area contributed by atoms with Crippen molar-refractivity contribution in [3.8, 4) is 0 Å². The quantitative estimate of drug-likeness (QED) is 0.603. The van der Waals surface area contributed by atoms with E-state index in [1.165, 1.54) is 12.8 Å². The molecule has 2 nitrogen and oxygen atoms in total. The lowest BCUT2D eigenvalue weighted by atomic mass is 9.83. The largest absolute Gasteiger partial charge is 0.457 e. The van der Waals surface area contributed by atoms with E-state index in [1.54, 1.807) is 0 Å². The van der Waals surface area contributed by atoms with Crippen LogP contribution in [0.2, 0.25) is 6.32 Å². The van der Waals surface area contributed by atoms with Gasteiger partial charge in [0.1, 0.15) is 0 Å². The molecule has 0 saturated carbocycles. The summed E-state index contributed by atoms with van der Waals surface area (Å²) in [6.07, 6.45) is 3.80. The maximum absolute atomic E-state index is 5.70. The molecule has 1 atom stereocenters. The van der Waals surface area contributed by atoms with Crippen LogP contribution in [0.3, 0.4) is 0 Å². The molecule has 1 saturated heterocycles. The molecule has 1 fully saturated rings. The van der Waals surface area contributed by atoms with Crippen LogP contribution >= 0.6 is 0 Å². The molecule has 70 valence electrons. The summed E-state index contributed by atoms with van der Waals surface area (Å²) in [6, 6.07) is 0. The van der Waals surface area contributed by atoms with Crippen molar-refractivity contribution in [2.24, 2.45) is 5.92 Å². The highest BCUT2D eigenvalue weighted by atomic mass is 16.6. The van der Waals surface area contributed by atoms with Crippen molar-refractivity contribution in [2.75, 3.05) is 6.61 Å². The van der Waals surface area contributed by atoms with Crippen LogP contribution in [0.25, 0.3) is 0 Å². The fraction of sp³-hybridized carbons (Fsp3) is 1.00. The van der Waals surface area contributed by atoms with Crippen molar-refractivity contribution in [1.82, 2.24) is 0 Å². The van der Waals surface area contributed by atoms with Gasteiger partial charge in [-0.1, -0.05) is 33.6 Å². The minimum Gasteiger partial charge on any atom is -0.408 e. The van der Waals surface area contributed by atoms with Gasteiger partial charge < -0.3 is 9.31 Å². The predicted molar refractivity (Wildman–Crippen MR) is 51.1 cm³/mol. The lowest BCUT2D eigenvalue weighted by Crippen LogP contribution is -2.20. The Bertz CT molecular complexity index is 128. The second kappa shape index (κ2) is 4.88. The Labute approximate surface area is 75.8 Å². The summed E-state index contributed by atoms with van der Waals surface area (Å²) < 4.78 is 11.2. The van der Waals surface area contributed by atoms with E-state index in [4.69, 9.17) is 9.31 Å². The Morgan fingerprint density at radius 1 is 1.50 bits per heavy atom. The Balaban J connectivity index is 2.17. The molecule has 0 radical (unpaired) electrons. The third-order valence-corrected chi connectivity index (χ3v) is 2.31. The molecule has 0 aromatic rings. The van der Waals surface area contributed by atoms with Crippen molar-refractivity contribution >= 4 is 7.12 Å². The maximum atomic E-state index is 5.70. The molecule has 0 N–H and O–H groups in total. The van der Waals surface area contributed by atoms with Crippen molar-refractivity contribution in [1.29, 1.82) is 0 Å². The summed E-state index contributed by atoms with van der Waals surface area (Å²) >= 11 is 0. The molecule has 1 rings (SSSR count). The van der Waals surface area contributed by atoms with Gasteiger partial charge in [0, 0.05) is 0 Å². The van der Waals surface area contributed by atoms with E-state index in [0.29, 0.717) is 12.0 Å². The molecule has 0 amide bonds.